The highest BCUT2D eigenvalue weighted by Gasteiger charge is 2.40. The Balaban J connectivity index is 1.85. The number of sulfonamides is 1. The second-order valence-electron chi connectivity index (χ2n) is 5.75. The largest absolute Gasteiger partial charge is 0.470 e. The standard InChI is InChI=1S/C14H14F3N3O5S2/c1-24-12(21)10-9(4-6-26-10)27(22,23)20-5-2-3-8(7-20)11-18-19-13(25-11)14(15,16)17/h4,6,8H,2-3,5,7H2,1H3. The molecule has 0 amide bonds. The van der Waals surface area contributed by atoms with Crippen LogP contribution in [0.2, 0.25) is 0 Å². The van der Waals surface area contributed by atoms with Gasteiger partial charge in [0.1, 0.15) is 9.77 Å². The lowest BCUT2D eigenvalue weighted by atomic mass is 10.00. The third-order valence-corrected chi connectivity index (χ3v) is 6.97. The van der Waals surface area contributed by atoms with Crippen LogP contribution in [0.4, 0.5) is 13.2 Å². The molecule has 2 aromatic rings. The third kappa shape index (κ3) is 3.84. The molecule has 0 spiro atoms. The molecule has 3 rings (SSSR count). The van der Waals surface area contributed by atoms with E-state index in [4.69, 9.17) is 0 Å². The Morgan fingerprint density at radius 1 is 1.41 bits per heavy atom. The second-order valence-corrected chi connectivity index (χ2v) is 8.57. The Morgan fingerprint density at radius 3 is 2.78 bits per heavy atom. The van der Waals surface area contributed by atoms with Gasteiger partial charge < -0.3 is 9.15 Å². The van der Waals surface area contributed by atoms with Crippen molar-refractivity contribution >= 4 is 27.3 Å². The highest BCUT2D eigenvalue weighted by atomic mass is 32.2. The zero-order valence-electron chi connectivity index (χ0n) is 13.9. The first-order chi connectivity index (χ1) is 12.6. The van der Waals surface area contributed by atoms with Crippen LogP contribution in [0.1, 0.15) is 40.2 Å². The van der Waals surface area contributed by atoms with Gasteiger partial charge in [-0.25, -0.2) is 13.2 Å². The maximum Gasteiger partial charge on any atom is 0.470 e. The number of esters is 1. The van der Waals surface area contributed by atoms with Crippen LogP contribution in [0, 0.1) is 0 Å². The molecule has 27 heavy (non-hydrogen) atoms. The van der Waals surface area contributed by atoms with Gasteiger partial charge in [-0.2, -0.15) is 17.5 Å². The summed E-state index contributed by atoms with van der Waals surface area (Å²) in [5.41, 5.74) is 0. The molecule has 0 aliphatic carbocycles. The maximum absolute atomic E-state index is 12.9. The number of alkyl halides is 3. The average Bonchev–Trinajstić information content (AvgIpc) is 3.30. The van der Waals surface area contributed by atoms with Crippen molar-refractivity contribution < 1.29 is 35.5 Å². The summed E-state index contributed by atoms with van der Waals surface area (Å²) in [5, 5.41) is 7.85. The molecule has 1 aliphatic rings. The van der Waals surface area contributed by atoms with Crippen molar-refractivity contribution in [2.45, 2.75) is 29.8 Å². The molecule has 2 aromatic heterocycles. The van der Waals surface area contributed by atoms with Gasteiger partial charge in [-0.05, 0) is 24.3 Å². The Bertz CT molecular complexity index is 938. The van der Waals surface area contributed by atoms with Crippen molar-refractivity contribution in [3.63, 3.8) is 0 Å². The van der Waals surface area contributed by atoms with Gasteiger partial charge in [0, 0.05) is 13.1 Å². The number of thiophene rings is 1. The van der Waals surface area contributed by atoms with Crippen LogP contribution in [-0.4, -0.2) is 49.1 Å². The first kappa shape index (κ1) is 19.8. The first-order valence-corrected chi connectivity index (χ1v) is 10.0. The highest BCUT2D eigenvalue weighted by molar-refractivity contribution is 7.89. The summed E-state index contributed by atoms with van der Waals surface area (Å²) in [6, 6.07) is 1.30. The fraction of sp³-hybridized carbons (Fsp3) is 0.500. The van der Waals surface area contributed by atoms with E-state index < -0.39 is 34.0 Å². The van der Waals surface area contributed by atoms with Crippen molar-refractivity contribution in [3.05, 3.63) is 28.1 Å². The molecule has 1 aliphatic heterocycles. The van der Waals surface area contributed by atoms with Crippen LogP contribution < -0.4 is 0 Å². The normalized spacial score (nSPS) is 19.2. The van der Waals surface area contributed by atoms with Gasteiger partial charge in [-0.3, -0.25) is 0 Å². The highest BCUT2D eigenvalue weighted by Crippen LogP contribution is 2.34. The van der Waals surface area contributed by atoms with Gasteiger partial charge in [0.15, 0.2) is 0 Å². The van der Waals surface area contributed by atoms with E-state index in [9.17, 15) is 26.4 Å². The minimum absolute atomic E-state index is 0.0585. The van der Waals surface area contributed by atoms with Gasteiger partial charge in [0.25, 0.3) is 0 Å². The SMILES string of the molecule is COC(=O)c1sccc1S(=O)(=O)N1CCCC(c2nnc(C(F)(F)F)o2)C1. The predicted molar refractivity (Wildman–Crippen MR) is 85.7 cm³/mol. The fourth-order valence-corrected chi connectivity index (χ4v) is 5.59. The number of nitrogens with zero attached hydrogens (tertiary/aromatic N) is 3. The van der Waals surface area contributed by atoms with Crippen LogP contribution >= 0.6 is 11.3 Å². The van der Waals surface area contributed by atoms with Crippen molar-refractivity contribution in [3.8, 4) is 0 Å². The molecule has 1 atom stereocenters. The molecular weight excluding hydrogens is 411 g/mol. The van der Waals surface area contributed by atoms with E-state index in [0.717, 1.165) is 22.8 Å². The van der Waals surface area contributed by atoms with E-state index in [1.165, 1.54) is 11.4 Å². The summed E-state index contributed by atoms with van der Waals surface area (Å²) in [7, 11) is -2.89. The molecule has 1 saturated heterocycles. The monoisotopic (exact) mass is 425 g/mol. The Kier molecular flexibility index (Phi) is 5.27. The van der Waals surface area contributed by atoms with E-state index in [1.54, 1.807) is 0 Å². The van der Waals surface area contributed by atoms with Crippen LogP contribution in [0.5, 0.6) is 0 Å². The average molecular weight is 425 g/mol. The number of methoxy groups -OCH3 is 1. The zero-order valence-corrected chi connectivity index (χ0v) is 15.5. The lowest BCUT2D eigenvalue weighted by Gasteiger charge is -2.30. The summed E-state index contributed by atoms with van der Waals surface area (Å²) < 4.78 is 74.1. The number of halogens is 3. The number of piperidine rings is 1. The smallest absolute Gasteiger partial charge is 0.465 e. The summed E-state index contributed by atoms with van der Waals surface area (Å²) in [6.07, 6.45) is -3.97. The van der Waals surface area contributed by atoms with E-state index in [1.807, 2.05) is 0 Å². The van der Waals surface area contributed by atoms with Crippen LogP contribution in [0.15, 0.2) is 20.8 Å². The molecule has 0 N–H and O–H groups in total. The molecular formula is C14H14F3N3O5S2. The molecule has 1 unspecified atom stereocenters. The number of ether oxygens (including phenoxy) is 1. The van der Waals surface area contributed by atoms with Crippen LogP contribution in [0.25, 0.3) is 0 Å². The van der Waals surface area contributed by atoms with E-state index in [0.29, 0.717) is 12.8 Å². The Morgan fingerprint density at radius 2 is 2.15 bits per heavy atom. The van der Waals surface area contributed by atoms with Crippen molar-refractivity contribution in [1.82, 2.24) is 14.5 Å². The zero-order chi connectivity index (χ0) is 19.8. The van der Waals surface area contributed by atoms with Crippen LogP contribution in [-0.2, 0) is 20.9 Å². The molecule has 13 heteroatoms. The molecule has 0 bridgehead atoms. The Hall–Kier alpha value is -1.99. The number of carbonyl (C=O) groups is 1. The lowest BCUT2D eigenvalue weighted by molar-refractivity contribution is -0.157. The van der Waals surface area contributed by atoms with Gasteiger partial charge in [0.05, 0.1) is 13.0 Å². The van der Waals surface area contributed by atoms with Gasteiger partial charge in [-0.15, -0.1) is 21.5 Å². The maximum atomic E-state index is 12.9. The quantitative estimate of drug-likeness (QED) is 0.694. The van der Waals surface area contributed by atoms with E-state index in [2.05, 4.69) is 19.4 Å². The van der Waals surface area contributed by atoms with Crippen molar-refractivity contribution in [1.29, 1.82) is 0 Å². The minimum atomic E-state index is -4.77. The lowest BCUT2D eigenvalue weighted by Crippen LogP contribution is -2.39. The first-order valence-electron chi connectivity index (χ1n) is 7.71. The molecule has 8 nitrogen and oxygen atoms in total. The second kappa shape index (κ2) is 7.20. The summed E-state index contributed by atoms with van der Waals surface area (Å²) in [5.74, 6) is -3.18. The van der Waals surface area contributed by atoms with Gasteiger partial charge >= 0.3 is 18.0 Å². The molecule has 0 aromatic carbocycles. The number of hydrogen-bond donors (Lipinski definition) is 0. The number of rotatable bonds is 4. The third-order valence-electron chi connectivity index (χ3n) is 4.03. The molecule has 3 heterocycles. The predicted octanol–water partition coefficient (Wildman–Crippen LogP) is 2.50. The molecule has 148 valence electrons. The summed E-state index contributed by atoms with van der Waals surface area (Å²) in [6.45, 7) is 0.0356. The number of hydrogen-bond acceptors (Lipinski definition) is 8. The fourth-order valence-electron chi connectivity index (χ4n) is 2.76. The number of carbonyl (C=O) groups excluding carboxylic acids is 1. The molecule has 0 saturated carbocycles. The Labute approximate surface area is 156 Å². The van der Waals surface area contributed by atoms with Gasteiger partial charge in [-0.1, -0.05) is 0 Å². The topological polar surface area (TPSA) is 103 Å². The molecule has 0 radical (unpaired) electrons. The van der Waals surface area contributed by atoms with Gasteiger partial charge in [0.2, 0.25) is 15.9 Å². The van der Waals surface area contributed by atoms with E-state index in [-0.39, 0.29) is 28.8 Å². The van der Waals surface area contributed by atoms with Crippen molar-refractivity contribution in [2.24, 2.45) is 0 Å². The molecule has 1 fully saturated rings. The van der Waals surface area contributed by atoms with Crippen LogP contribution in [0.3, 0.4) is 0 Å². The summed E-state index contributed by atoms with van der Waals surface area (Å²) in [4.78, 5) is 11.5. The van der Waals surface area contributed by atoms with E-state index >= 15 is 0 Å². The van der Waals surface area contributed by atoms with Crippen molar-refractivity contribution in [2.75, 3.05) is 20.2 Å². The summed E-state index contributed by atoms with van der Waals surface area (Å²) >= 11 is 0.930. The minimum Gasteiger partial charge on any atom is -0.465 e. The number of aromatic nitrogens is 2.